The van der Waals surface area contributed by atoms with Gasteiger partial charge >= 0.3 is 0 Å². The number of aromatic nitrogens is 3. The fraction of sp³-hybridized carbons (Fsp3) is 0.481. The topological polar surface area (TPSA) is 85.3 Å². The Morgan fingerprint density at radius 2 is 1.76 bits per heavy atom. The van der Waals surface area contributed by atoms with Crippen LogP contribution in [0.3, 0.4) is 0 Å². The van der Waals surface area contributed by atoms with Crippen molar-refractivity contribution in [2.75, 3.05) is 20.1 Å². The molecular weight excluding hydrogens is 412 g/mol. The van der Waals surface area contributed by atoms with E-state index in [1.54, 1.807) is 26.2 Å². The van der Waals surface area contributed by atoms with Gasteiger partial charge in [-0.05, 0) is 57.0 Å². The van der Waals surface area contributed by atoms with Crippen molar-refractivity contribution < 1.29 is 10.2 Å². The van der Waals surface area contributed by atoms with Gasteiger partial charge in [0.2, 0.25) is 0 Å². The van der Waals surface area contributed by atoms with Gasteiger partial charge in [-0.25, -0.2) is 0 Å². The number of aryl methyl sites for hydroxylation is 1. The monoisotopic (exact) mass is 448 g/mol. The first kappa shape index (κ1) is 23.6. The number of nitrogens with zero attached hydrogens (tertiary/aromatic N) is 3. The van der Waals surface area contributed by atoms with E-state index in [0.717, 1.165) is 49.0 Å². The zero-order valence-corrected chi connectivity index (χ0v) is 20.4. The molecule has 1 saturated heterocycles. The number of hydrogen-bond acceptors (Lipinski definition) is 5. The van der Waals surface area contributed by atoms with Crippen LogP contribution in [0.2, 0.25) is 0 Å². The van der Waals surface area contributed by atoms with Crippen LogP contribution in [-0.2, 0) is 17.6 Å². The number of hydrogen-bond donors (Lipinski definition) is 3. The van der Waals surface area contributed by atoms with Gasteiger partial charge in [0.25, 0.3) is 0 Å². The number of nitrogens with one attached hydrogen (secondary N) is 1. The SMILES string of the molecule is CCCCc1ccc([C@](O)(c2cncc(-c3cc(C(C)(C)O)[nH]n3)c2)C2(C)CN(C)C2)cc1. The van der Waals surface area contributed by atoms with Crippen molar-refractivity contribution in [3.8, 4) is 11.3 Å². The van der Waals surface area contributed by atoms with Crippen LogP contribution in [0, 0.1) is 5.41 Å². The molecule has 176 valence electrons. The molecule has 4 rings (SSSR count). The van der Waals surface area contributed by atoms with Gasteiger partial charge < -0.3 is 15.1 Å². The molecule has 3 heterocycles. The van der Waals surface area contributed by atoms with Crippen molar-refractivity contribution >= 4 is 0 Å². The minimum absolute atomic E-state index is 0.350. The summed E-state index contributed by atoms with van der Waals surface area (Å²) in [5.41, 5.74) is 2.50. The number of H-pyrrole nitrogens is 1. The number of aliphatic hydroxyl groups is 2. The molecule has 0 aliphatic carbocycles. The minimum Gasteiger partial charge on any atom is -0.384 e. The lowest BCUT2D eigenvalue weighted by Gasteiger charge is -2.55. The maximum Gasteiger partial charge on any atom is 0.124 e. The zero-order valence-electron chi connectivity index (χ0n) is 20.4. The number of benzene rings is 1. The van der Waals surface area contributed by atoms with Crippen LogP contribution < -0.4 is 0 Å². The van der Waals surface area contributed by atoms with Crippen LogP contribution >= 0.6 is 0 Å². The summed E-state index contributed by atoms with van der Waals surface area (Å²) in [5.74, 6) is 0. The van der Waals surface area contributed by atoms with Gasteiger partial charge in [0, 0.05) is 42.0 Å². The van der Waals surface area contributed by atoms with Gasteiger partial charge in [-0.3, -0.25) is 10.1 Å². The molecular formula is C27H36N4O2. The normalized spacial score (nSPS) is 18.0. The van der Waals surface area contributed by atoms with Gasteiger partial charge in [0.1, 0.15) is 11.2 Å². The van der Waals surface area contributed by atoms with Crippen molar-refractivity contribution in [3.05, 3.63) is 71.2 Å². The molecule has 0 spiro atoms. The third kappa shape index (κ3) is 4.35. The molecule has 0 amide bonds. The third-order valence-electron chi connectivity index (χ3n) is 6.99. The molecule has 1 aliphatic rings. The van der Waals surface area contributed by atoms with Crippen LogP contribution in [-0.4, -0.2) is 50.4 Å². The quantitative estimate of drug-likeness (QED) is 0.480. The Bertz CT molecular complexity index is 1090. The van der Waals surface area contributed by atoms with E-state index < -0.39 is 11.2 Å². The zero-order chi connectivity index (χ0) is 23.9. The summed E-state index contributed by atoms with van der Waals surface area (Å²) in [6.07, 6.45) is 6.89. The molecule has 1 aromatic carbocycles. The summed E-state index contributed by atoms with van der Waals surface area (Å²) in [6, 6.07) is 12.2. The summed E-state index contributed by atoms with van der Waals surface area (Å²) < 4.78 is 0. The number of rotatable bonds is 8. The van der Waals surface area contributed by atoms with E-state index in [2.05, 4.69) is 65.2 Å². The smallest absolute Gasteiger partial charge is 0.124 e. The van der Waals surface area contributed by atoms with Crippen molar-refractivity contribution in [1.29, 1.82) is 0 Å². The maximum atomic E-state index is 12.4. The van der Waals surface area contributed by atoms with Gasteiger partial charge in [-0.15, -0.1) is 0 Å². The van der Waals surface area contributed by atoms with E-state index in [9.17, 15) is 10.2 Å². The molecule has 0 saturated carbocycles. The fourth-order valence-corrected chi connectivity index (χ4v) is 5.09. The predicted octanol–water partition coefficient (Wildman–Crippen LogP) is 4.23. The second-order valence-electron chi connectivity index (χ2n) is 10.4. The van der Waals surface area contributed by atoms with Crippen molar-refractivity contribution in [3.63, 3.8) is 0 Å². The molecule has 1 fully saturated rings. The van der Waals surface area contributed by atoms with Crippen molar-refractivity contribution in [1.82, 2.24) is 20.1 Å². The first-order chi connectivity index (χ1) is 15.6. The lowest BCUT2D eigenvalue weighted by molar-refractivity contribution is -0.127. The average molecular weight is 449 g/mol. The van der Waals surface area contributed by atoms with Gasteiger partial charge in [0.05, 0.1) is 11.4 Å². The van der Waals surface area contributed by atoms with Gasteiger partial charge in [-0.1, -0.05) is 44.5 Å². The molecule has 0 radical (unpaired) electrons. The van der Waals surface area contributed by atoms with E-state index in [1.165, 1.54) is 5.56 Å². The Hall–Kier alpha value is -2.54. The Labute approximate surface area is 196 Å². The Morgan fingerprint density at radius 1 is 1.06 bits per heavy atom. The highest BCUT2D eigenvalue weighted by atomic mass is 16.3. The number of unbranched alkanes of at least 4 members (excludes halogenated alkanes) is 1. The summed E-state index contributed by atoms with van der Waals surface area (Å²) in [6.45, 7) is 9.36. The van der Waals surface area contributed by atoms with Crippen LogP contribution in [0.4, 0.5) is 0 Å². The highest BCUT2D eigenvalue weighted by Gasteiger charge is 2.55. The van der Waals surface area contributed by atoms with E-state index in [-0.39, 0.29) is 5.41 Å². The molecule has 2 aromatic heterocycles. The molecule has 3 N–H and O–H groups in total. The molecule has 6 heteroatoms. The first-order valence-corrected chi connectivity index (χ1v) is 11.8. The summed E-state index contributed by atoms with van der Waals surface area (Å²) in [5, 5.41) is 30.0. The largest absolute Gasteiger partial charge is 0.384 e. The molecule has 0 unspecified atom stereocenters. The van der Waals surface area contributed by atoms with Crippen molar-refractivity contribution in [2.45, 2.75) is 58.2 Å². The molecule has 6 nitrogen and oxygen atoms in total. The standard InChI is InChI=1S/C27H36N4O2/c1-6-7-8-19-9-11-21(12-10-19)27(33,26(4)17-31(5)18-26)22-13-20(15-28-16-22)23-14-24(30-29-23)25(2,3)32/h9-16,32-33H,6-8,17-18H2,1-5H3,(H,29,30)/t27-/m0/s1. The van der Waals surface area contributed by atoms with Gasteiger partial charge in [0.15, 0.2) is 0 Å². The van der Waals surface area contributed by atoms with E-state index in [4.69, 9.17) is 0 Å². The van der Waals surface area contributed by atoms with Crippen molar-refractivity contribution in [2.24, 2.45) is 5.41 Å². The summed E-state index contributed by atoms with van der Waals surface area (Å²) >= 11 is 0. The number of likely N-dealkylation sites (tertiary alicyclic amines) is 1. The number of pyridine rings is 1. The lowest BCUT2D eigenvalue weighted by Crippen LogP contribution is -2.63. The Morgan fingerprint density at radius 3 is 2.33 bits per heavy atom. The lowest BCUT2D eigenvalue weighted by atomic mass is 9.62. The molecule has 1 aliphatic heterocycles. The second-order valence-corrected chi connectivity index (χ2v) is 10.4. The Kier molecular flexibility index (Phi) is 6.20. The molecule has 1 atom stereocenters. The minimum atomic E-state index is -1.19. The highest BCUT2D eigenvalue weighted by Crippen LogP contribution is 2.50. The second kappa shape index (κ2) is 8.67. The fourth-order valence-electron chi connectivity index (χ4n) is 5.09. The van der Waals surface area contributed by atoms with E-state index >= 15 is 0 Å². The van der Waals surface area contributed by atoms with E-state index in [0.29, 0.717) is 11.4 Å². The average Bonchev–Trinajstić information content (AvgIpc) is 3.28. The van der Waals surface area contributed by atoms with Crippen LogP contribution in [0.1, 0.15) is 62.9 Å². The highest BCUT2D eigenvalue weighted by molar-refractivity contribution is 5.60. The van der Waals surface area contributed by atoms with E-state index in [1.807, 2.05) is 12.1 Å². The third-order valence-corrected chi connectivity index (χ3v) is 6.99. The number of aromatic amines is 1. The predicted molar refractivity (Wildman–Crippen MR) is 131 cm³/mol. The van der Waals surface area contributed by atoms with Crippen LogP contribution in [0.5, 0.6) is 0 Å². The first-order valence-electron chi connectivity index (χ1n) is 11.8. The maximum absolute atomic E-state index is 12.4. The van der Waals surface area contributed by atoms with Crippen LogP contribution in [0.25, 0.3) is 11.3 Å². The summed E-state index contributed by atoms with van der Waals surface area (Å²) in [4.78, 5) is 6.71. The summed E-state index contributed by atoms with van der Waals surface area (Å²) in [7, 11) is 2.08. The molecule has 33 heavy (non-hydrogen) atoms. The molecule has 0 bridgehead atoms. The van der Waals surface area contributed by atoms with Gasteiger partial charge in [-0.2, -0.15) is 5.10 Å². The molecule has 3 aromatic rings. The Balaban J connectivity index is 1.76. The van der Waals surface area contributed by atoms with Crippen LogP contribution in [0.15, 0.2) is 48.8 Å².